The average molecular weight is 581 g/mol. The monoisotopic (exact) mass is 580 g/mol. The number of imide groups is 1. The van der Waals surface area contributed by atoms with Gasteiger partial charge >= 0.3 is 11.9 Å². The van der Waals surface area contributed by atoms with Crippen LogP contribution < -0.4 is 14.8 Å². The van der Waals surface area contributed by atoms with Gasteiger partial charge in [0.25, 0.3) is 11.8 Å². The van der Waals surface area contributed by atoms with E-state index in [2.05, 4.69) is 5.32 Å². The number of aliphatic hydroxyl groups is 2. The third-order valence-corrected chi connectivity index (χ3v) is 5.94. The van der Waals surface area contributed by atoms with E-state index in [0.29, 0.717) is 11.3 Å². The van der Waals surface area contributed by atoms with E-state index in [0.717, 1.165) is 17.1 Å². The van der Waals surface area contributed by atoms with Gasteiger partial charge in [-0.25, -0.2) is 4.79 Å². The number of amides is 3. The molecule has 0 unspecified atom stereocenters. The molecule has 1 aromatic rings. The van der Waals surface area contributed by atoms with E-state index in [1.807, 2.05) is 0 Å². The van der Waals surface area contributed by atoms with E-state index >= 15 is 0 Å². The molecule has 4 N–H and O–H groups in total. The standard InChI is InChI=1S/C26H32N2O13/c1-15(29)39-14-16-2-3-17(12-19(16)40-26-24(34)18(30)13-20(41-26)25(35)36)38-11-10-37-9-7-27-21(31)6-8-28-22(32)4-5-23(28)33/h2-5,12,18,20,24,26,30,34H,6-11,13-14H2,1H3,(H,27,31)(H,35,36)/t18-,20-,24+,26+/m0/s1. The predicted molar refractivity (Wildman–Crippen MR) is 135 cm³/mol. The Hall–Kier alpha value is -4.05. The van der Waals surface area contributed by atoms with Crippen molar-refractivity contribution in [3.05, 3.63) is 35.9 Å². The highest BCUT2D eigenvalue weighted by Crippen LogP contribution is 2.30. The maximum Gasteiger partial charge on any atom is 0.333 e. The Morgan fingerprint density at radius 3 is 2.51 bits per heavy atom. The Labute approximate surface area is 234 Å². The minimum Gasteiger partial charge on any atom is -0.491 e. The number of carbonyl (C=O) groups excluding carboxylic acids is 4. The molecule has 0 bridgehead atoms. The van der Waals surface area contributed by atoms with Gasteiger partial charge in [-0.1, -0.05) is 0 Å². The zero-order valence-electron chi connectivity index (χ0n) is 22.2. The van der Waals surface area contributed by atoms with Crippen molar-refractivity contribution < 1.29 is 63.0 Å². The van der Waals surface area contributed by atoms with Gasteiger partial charge in [-0.05, 0) is 12.1 Å². The molecule has 2 heterocycles. The van der Waals surface area contributed by atoms with E-state index < -0.39 is 48.4 Å². The van der Waals surface area contributed by atoms with Crippen molar-refractivity contribution in [1.29, 1.82) is 0 Å². The van der Waals surface area contributed by atoms with Gasteiger partial charge in [-0.3, -0.25) is 24.1 Å². The molecule has 15 nitrogen and oxygen atoms in total. The zero-order chi connectivity index (χ0) is 29.9. The molecule has 1 saturated heterocycles. The molecule has 0 aliphatic carbocycles. The lowest BCUT2D eigenvalue weighted by atomic mass is 10.0. The van der Waals surface area contributed by atoms with Crippen molar-refractivity contribution in [1.82, 2.24) is 10.2 Å². The average Bonchev–Trinajstić information content (AvgIpc) is 3.25. The van der Waals surface area contributed by atoms with Crippen molar-refractivity contribution >= 4 is 29.7 Å². The van der Waals surface area contributed by atoms with Crippen LogP contribution >= 0.6 is 0 Å². The number of hydrogen-bond donors (Lipinski definition) is 4. The SMILES string of the molecule is CC(=O)OCc1ccc(OCCOCCNC(=O)CCN2C(=O)C=CC2=O)cc1O[C@@H]1O[C@H](C(=O)O)C[C@H](O)[C@H]1O. The summed E-state index contributed by atoms with van der Waals surface area (Å²) >= 11 is 0. The Bertz CT molecular complexity index is 1140. The minimum absolute atomic E-state index is 0.0108. The molecule has 0 aromatic heterocycles. The number of nitrogens with one attached hydrogen (secondary N) is 1. The summed E-state index contributed by atoms with van der Waals surface area (Å²) in [6.45, 7) is 1.67. The lowest BCUT2D eigenvalue weighted by Crippen LogP contribution is -2.52. The molecular formula is C26H32N2O13. The van der Waals surface area contributed by atoms with Crippen LogP contribution in [-0.4, -0.2) is 107 Å². The third-order valence-electron chi connectivity index (χ3n) is 5.94. The number of aliphatic carboxylic acids is 1. The molecule has 0 saturated carbocycles. The normalized spacial score (nSPS) is 22.0. The van der Waals surface area contributed by atoms with Crippen molar-refractivity contribution in [2.24, 2.45) is 0 Å². The van der Waals surface area contributed by atoms with E-state index in [4.69, 9.17) is 23.7 Å². The van der Waals surface area contributed by atoms with Crippen LogP contribution in [0, 0.1) is 0 Å². The first kappa shape index (κ1) is 31.5. The lowest BCUT2D eigenvalue weighted by molar-refractivity contribution is -0.238. The number of esters is 1. The number of ether oxygens (including phenoxy) is 5. The molecule has 15 heteroatoms. The first-order valence-electron chi connectivity index (χ1n) is 12.7. The summed E-state index contributed by atoms with van der Waals surface area (Å²) < 4.78 is 27.1. The smallest absolute Gasteiger partial charge is 0.333 e. The second-order valence-electron chi connectivity index (χ2n) is 9.01. The van der Waals surface area contributed by atoms with Crippen LogP contribution in [-0.2, 0) is 44.8 Å². The maximum absolute atomic E-state index is 11.9. The van der Waals surface area contributed by atoms with Crippen molar-refractivity contribution in [3.63, 3.8) is 0 Å². The summed E-state index contributed by atoms with van der Waals surface area (Å²) in [5.74, 6) is -2.73. The molecule has 224 valence electrons. The van der Waals surface area contributed by atoms with Crippen molar-refractivity contribution in [2.45, 2.75) is 51.0 Å². The summed E-state index contributed by atoms with van der Waals surface area (Å²) in [6.07, 6.45) is -3.89. The Kier molecular flexibility index (Phi) is 11.6. The summed E-state index contributed by atoms with van der Waals surface area (Å²) in [5, 5.41) is 32.2. The maximum atomic E-state index is 11.9. The zero-order valence-corrected chi connectivity index (χ0v) is 22.2. The van der Waals surface area contributed by atoms with Gasteiger partial charge in [0.15, 0.2) is 6.10 Å². The van der Waals surface area contributed by atoms with Crippen molar-refractivity contribution in [2.75, 3.05) is 32.9 Å². The number of rotatable bonds is 15. The molecule has 2 aliphatic rings. The van der Waals surface area contributed by atoms with Crippen LogP contribution in [0.1, 0.15) is 25.3 Å². The molecule has 1 fully saturated rings. The van der Waals surface area contributed by atoms with Gasteiger partial charge in [0, 0.05) is 56.6 Å². The highest BCUT2D eigenvalue weighted by molar-refractivity contribution is 6.13. The molecule has 0 spiro atoms. The van der Waals surface area contributed by atoms with E-state index in [-0.39, 0.29) is 64.0 Å². The van der Waals surface area contributed by atoms with E-state index in [1.54, 1.807) is 12.1 Å². The molecule has 2 aliphatic heterocycles. The number of carbonyl (C=O) groups is 5. The highest BCUT2D eigenvalue weighted by Gasteiger charge is 2.41. The molecule has 4 atom stereocenters. The number of benzene rings is 1. The third kappa shape index (κ3) is 9.53. The molecule has 3 amide bonds. The fourth-order valence-corrected chi connectivity index (χ4v) is 3.79. The van der Waals surface area contributed by atoms with Gasteiger partial charge in [0.05, 0.1) is 19.3 Å². The molecule has 3 rings (SSSR count). The molecule has 41 heavy (non-hydrogen) atoms. The summed E-state index contributed by atoms with van der Waals surface area (Å²) in [4.78, 5) is 58.5. The molecule has 0 radical (unpaired) electrons. The second kappa shape index (κ2) is 15.1. The Balaban J connectivity index is 1.45. The fourth-order valence-electron chi connectivity index (χ4n) is 3.79. The van der Waals surface area contributed by atoms with E-state index in [9.17, 15) is 39.3 Å². The molecule has 1 aromatic carbocycles. The van der Waals surface area contributed by atoms with Crippen LogP contribution in [0.2, 0.25) is 0 Å². The summed E-state index contributed by atoms with van der Waals surface area (Å²) in [6, 6.07) is 4.55. The van der Waals surface area contributed by atoms with E-state index in [1.165, 1.54) is 13.0 Å². The first-order valence-corrected chi connectivity index (χ1v) is 12.7. The summed E-state index contributed by atoms with van der Waals surface area (Å²) in [7, 11) is 0. The lowest BCUT2D eigenvalue weighted by Gasteiger charge is -2.35. The number of hydrogen-bond acceptors (Lipinski definition) is 12. The van der Waals surface area contributed by atoms with Gasteiger partial charge < -0.3 is 44.3 Å². The second-order valence-corrected chi connectivity index (χ2v) is 9.01. The fraction of sp³-hybridized carbons (Fsp3) is 0.500. The van der Waals surface area contributed by atoms with Gasteiger partial charge in [0.1, 0.15) is 30.8 Å². The first-order chi connectivity index (χ1) is 19.5. The van der Waals surface area contributed by atoms with Gasteiger partial charge in [0.2, 0.25) is 12.2 Å². The van der Waals surface area contributed by atoms with Crippen LogP contribution in [0.3, 0.4) is 0 Å². The minimum atomic E-state index is -1.53. The Morgan fingerprint density at radius 2 is 1.83 bits per heavy atom. The quantitative estimate of drug-likeness (QED) is 0.110. The summed E-state index contributed by atoms with van der Waals surface area (Å²) in [5.41, 5.74) is 0.372. The van der Waals surface area contributed by atoms with Crippen LogP contribution in [0.25, 0.3) is 0 Å². The topological polar surface area (TPSA) is 207 Å². The van der Waals surface area contributed by atoms with Crippen LogP contribution in [0.15, 0.2) is 30.4 Å². The Morgan fingerprint density at radius 1 is 1.10 bits per heavy atom. The van der Waals surface area contributed by atoms with Crippen LogP contribution in [0.5, 0.6) is 11.5 Å². The number of aliphatic hydroxyl groups excluding tert-OH is 2. The number of carboxylic acid groups (broad SMARTS) is 1. The van der Waals surface area contributed by atoms with Crippen molar-refractivity contribution in [3.8, 4) is 11.5 Å². The number of carboxylic acids is 1. The van der Waals surface area contributed by atoms with Gasteiger partial charge in [-0.2, -0.15) is 0 Å². The number of nitrogens with zero attached hydrogens (tertiary/aromatic N) is 1. The van der Waals surface area contributed by atoms with Crippen LogP contribution in [0.4, 0.5) is 0 Å². The predicted octanol–water partition coefficient (Wildman–Crippen LogP) is -1.12. The molecular weight excluding hydrogens is 548 g/mol. The highest BCUT2D eigenvalue weighted by atomic mass is 16.7. The van der Waals surface area contributed by atoms with Gasteiger partial charge in [-0.15, -0.1) is 0 Å². The largest absolute Gasteiger partial charge is 0.491 e.